The van der Waals surface area contributed by atoms with Gasteiger partial charge in [0.15, 0.2) is 0 Å². The molecule has 3 unspecified atom stereocenters. The largest absolute Gasteiger partial charge is 0.481 e. The SMILES string of the molecule is CCN(C(C)CC(=O)O)C1CCSC1C. The number of hydrogen-bond acceptors (Lipinski definition) is 3. The van der Waals surface area contributed by atoms with E-state index in [-0.39, 0.29) is 12.5 Å². The van der Waals surface area contributed by atoms with E-state index in [1.165, 1.54) is 12.2 Å². The molecule has 1 rings (SSSR count). The van der Waals surface area contributed by atoms with E-state index in [1.807, 2.05) is 18.7 Å². The van der Waals surface area contributed by atoms with Gasteiger partial charge < -0.3 is 5.11 Å². The Balaban J connectivity index is 2.57. The summed E-state index contributed by atoms with van der Waals surface area (Å²) in [6.45, 7) is 7.34. The van der Waals surface area contributed by atoms with Gasteiger partial charge in [0.1, 0.15) is 0 Å². The molecule has 0 radical (unpaired) electrons. The Morgan fingerprint density at radius 1 is 1.67 bits per heavy atom. The Bertz CT molecular complexity index is 223. The molecule has 0 bridgehead atoms. The maximum absolute atomic E-state index is 10.7. The van der Waals surface area contributed by atoms with Crippen molar-refractivity contribution >= 4 is 17.7 Å². The van der Waals surface area contributed by atoms with Gasteiger partial charge in [-0.05, 0) is 25.6 Å². The fourth-order valence-electron chi connectivity index (χ4n) is 2.40. The van der Waals surface area contributed by atoms with Gasteiger partial charge >= 0.3 is 5.97 Å². The number of aliphatic carboxylic acids is 1. The molecule has 1 saturated heterocycles. The first-order valence-electron chi connectivity index (χ1n) is 5.65. The summed E-state index contributed by atoms with van der Waals surface area (Å²) >= 11 is 2.00. The lowest BCUT2D eigenvalue weighted by Crippen LogP contribution is -2.45. The number of carboxylic acid groups (broad SMARTS) is 1. The van der Waals surface area contributed by atoms with Gasteiger partial charge in [-0.3, -0.25) is 9.69 Å². The summed E-state index contributed by atoms with van der Waals surface area (Å²) in [5.74, 6) is 0.515. The molecule has 1 aliphatic heterocycles. The van der Waals surface area contributed by atoms with E-state index in [1.54, 1.807) is 0 Å². The smallest absolute Gasteiger partial charge is 0.304 e. The molecular formula is C11H21NO2S. The first kappa shape index (κ1) is 12.8. The standard InChI is InChI=1S/C11H21NO2S/c1-4-12(8(2)7-11(13)14)10-5-6-15-9(10)3/h8-10H,4-7H2,1-3H3,(H,13,14). The van der Waals surface area contributed by atoms with Crippen molar-refractivity contribution in [2.45, 2.75) is 50.9 Å². The van der Waals surface area contributed by atoms with E-state index in [2.05, 4.69) is 18.7 Å². The Hall–Kier alpha value is -0.220. The third-order valence-electron chi connectivity index (χ3n) is 3.16. The van der Waals surface area contributed by atoms with Crippen molar-refractivity contribution in [3.8, 4) is 0 Å². The normalized spacial score (nSPS) is 28.3. The predicted octanol–water partition coefficient (Wildman–Crippen LogP) is 2.07. The summed E-state index contributed by atoms with van der Waals surface area (Å²) in [6, 6.07) is 0.716. The number of thioether (sulfide) groups is 1. The number of hydrogen-bond donors (Lipinski definition) is 1. The third kappa shape index (κ3) is 3.38. The molecule has 0 spiro atoms. The molecule has 15 heavy (non-hydrogen) atoms. The fourth-order valence-corrected chi connectivity index (χ4v) is 3.66. The highest BCUT2D eigenvalue weighted by atomic mass is 32.2. The number of rotatable bonds is 5. The van der Waals surface area contributed by atoms with Crippen molar-refractivity contribution in [3.63, 3.8) is 0 Å². The summed E-state index contributed by atoms with van der Waals surface area (Å²) in [4.78, 5) is 13.0. The second kappa shape index (κ2) is 5.75. The first-order valence-corrected chi connectivity index (χ1v) is 6.70. The highest BCUT2D eigenvalue weighted by molar-refractivity contribution is 8.00. The number of nitrogens with zero attached hydrogens (tertiary/aromatic N) is 1. The maximum atomic E-state index is 10.7. The molecule has 88 valence electrons. The van der Waals surface area contributed by atoms with Crippen LogP contribution in [-0.4, -0.2) is 45.6 Å². The van der Waals surface area contributed by atoms with E-state index < -0.39 is 5.97 Å². The van der Waals surface area contributed by atoms with Crippen molar-refractivity contribution in [1.29, 1.82) is 0 Å². The predicted molar refractivity (Wildman–Crippen MR) is 64.4 cm³/mol. The zero-order valence-corrected chi connectivity index (χ0v) is 10.6. The van der Waals surface area contributed by atoms with Crippen LogP contribution in [0, 0.1) is 0 Å². The molecule has 0 aromatic carbocycles. The average Bonchev–Trinajstić information content (AvgIpc) is 2.52. The van der Waals surface area contributed by atoms with Crippen LogP contribution in [0.3, 0.4) is 0 Å². The van der Waals surface area contributed by atoms with Crippen LogP contribution in [0.4, 0.5) is 0 Å². The van der Waals surface area contributed by atoms with E-state index >= 15 is 0 Å². The van der Waals surface area contributed by atoms with Crippen molar-refractivity contribution in [2.75, 3.05) is 12.3 Å². The van der Waals surface area contributed by atoms with Gasteiger partial charge in [0.2, 0.25) is 0 Å². The summed E-state index contributed by atoms with van der Waals surface area (Å²) in [7, 11) is 0. The van der Waals surface area contributed by atoms with E-state index in [9.17, 15) is 4.79 Å². The minimum atomic E-state index is -0.695. The molecule has 1 heterocycles. The molecule has 0 amide bonds. The van der Waals surface area contributed by atoms with Crippen LogP contribution in [0.1, 0.15) is 33.6 Å². The summed E-state index contributed by atoms with van der Waals surface area (Å²) < 4.78 is 0. The highest BCUT2D eigenvalue weighted by Crippen LogP contribution is 2.31. The Labute approximate surface area is 96.2 Å². The van der Waals surface area contributed by atoms with Gasteiger partial charge in [-0.2, -0.15) is 11.8 Å². The number of carbonyl (C=O) groups is 1. The quantitative estimate of drug-likeness (QED) is 0.786. The molecule has 0 saturated carbocycles. The van der Waals surface area contributed by atoms with Crippen molar-refractivity contribution < 1.29 is 9.90 Å². The van der Waals surface area contributed by atoms with Crippen molar-refractivity contribution in [2.24, 2.45) is 0 Å². The van der Waals surface area contributed by atoms with Crippen molar-refractivity contribution in [3.05, 3.63) is 0 Å². The maximum Gasteiger partial charge on any atom is 0.304 e. The second-order valence-corrected chi connectivity index (χ2v) is 5.69. The zero-order chi connectivity index (χ0) is 11.4. The van der Waals surface area contributed by atoms with E-state index in [0.717, 1.165) is 6.54 Å². The third-order valence-corrected chi connectivity index (χ3v) is 4.47. The zero-order valence-electron chi connectivity index (χ0n) is 9.77. The molecule has 1 aliphatic rings. The van der Waals surface area contributed by atoms with E-state index in [0.29, 0.717) is 11.3 Å². The Morgan fingerprint density at radius 3 is 2.73 bits per heavy atom. The monoisotopic (exact) mass is 231 g/mol. The van der Waals surface area contributed by atoms with Gasteiger partial charge in [-0.25, -0.2) is 0 Å². The molecule has 4 heteroatoms. The molecule has 3 nitrogen and oxygen atoms in total. The first-order chi connectivity index (χ1) is 7.06. The van der Waals surface area contributed by atoms with Crippen LogP contribution in [0.15, 0.2) is 0 Å². The second-order valence-electron chi connectivity index (χ2n) is 4.21. The summed E-state index contributed by atoms with van der Waals surface area (Å²) in [6.07, 6.45) is 1.45. The Morgan fingerprint density at radius 2 is 2.33 bits per heavy atom. The molecule has 1 fully saturated rings. The lowest BCUT2D eigenvalue weighted by atomic mass is 10.1. The molecular weight excluding hydrogens is 210 g/mol. The Kier molecular flexibility index (Phi) is 4.93. The number of carboxylic acids is 1. The molecule has 0 aromatic rings. The highest BCUT2D eigenvalue weighted by Gasteiger charge is 2.31. The topological polar surface area (TPSA) is 40.5 Å². The van der Waals surface area contributed by atoms with Crippen LogP contribution in [0.25, 0.3) is 0 Å². The minimum absolute atomic E-state index is 0.152. The van der Waals surface area contributed by atoms with Crippen LogP contribution in [0.5, 0.6) is 0 Å². The summed E-state index contributed by atoms with van der Waals surface area (Å²) in [5.41, 5.74) is 0. The summed E-state index contributed by atoms with van der Waals surface area (Å²) in [5, 5.41) is 9.45. The van der Waals surface area contributed by atoms with Crippen LogP contribution in [-0.2, 0) is 4.79 Å². The van der Waals surface area contributed by atoms with E-state index in [4.69, 9.17) is 5.11 Å². The van der Waals surface area contributed by atoms with Crippen LogP contribution >= 0.6 is 11.8 Å². The minimum Gasteiger partial charge on any atom is -0.481 e. The van der Waals surface area contributed by atoms with Crippen LogP contribution < -0.4 is 0 Å². The van der Waals surface area contributed by atoms with Gasteiger partial charge in [0.05, 0.1) is 6.42 Å². The molecule has 1 N–H and O–H groups in total. The van der Waals surface area contributed by atoms with Crippen LogP contribution in [0.2, 0.25) is 0 Å². The average molecular weight is 231 g/mol. The van der Waals surface area contributed by atoms with Crippen molar-refractivity contribution in [1.82, 2.24) is 4.90 Å². The van der Waals surface area contributed by atoms with Gasteiger partial charge in [0, 0.05) is 17.3 Å². The van der Waals surface area contributed by atoms with Gasteiger partial charge in [-0.15, -0.1) is 0 Å². The fraction of sp³-hybridized carbons (Fsp3) is 0.909. The van der Waals surface area contributed by atoms with Gasteiger partial charge in [-0.1, -0.05) is 13.8 Å². The molecule has 0 aromatic heterocycles. The molecule has 3 atom stereocenters. The lowest BCUT2D eigenvalue weighted by molar-refractivity contribution is -0.138. The molecule has 0 aliphatic carbocycles. The van der Waals surface area contributed by atoms with Gasteiger partial charge in [0.25, 0.3) is 0 Å². The lowest BCUT2D eigenvalue weighted by Gasteiger charge is -2.34.